The summed E-state index contributed by atoms with van der Waals surface area (Å²) < 4.78 is 3.55. The van der Waals surface area contributed by atoms with E-state index in [1.807, 2.05) is 6.92 Å². The van der Waals surface area contributed by atoms with Crippen molar-refractivity contribution in [2.45, 2.75) is 45.4 Å². The molecule has 1 amide bonds. The number of nitrogens with zero attached hydrogens (tertiary/aromatic N) is 6. The lowest BCUT2D eigenvalue weighted by atomic mass is 10.3. The molecule has 0 radical (unpaired) electrons. The van der Waals surface area contributed by atoms with Gasteiger partial charge in [0.05, 0.1) is 17.9 Å². The van der Waals surface area contributed by atoms with Gasteiger partial charge in [0, 0.05) is 19.5 Å². The average Bonchev–Trinajstić information content (AvgIpc) is 3.13. The third-order valence-electron chi connectivity index (χ3n) is 3.50. The highest BCUT2D eigenvalue weighted by Crippen LogP contribution is 2.18. The standard InChI is InChI=1S/C12H18N8O/c1-8(12-17-16-10-3-2-4-20(10)12)14-11(21)7-19-6-9(5-13)15-18-19/h6,8H,2-5,7,13H2,1H3,(H,14,21). The van der Waals surface area contributed by atoms with Gasteiger partial charge in [0.25, 0.3) is 0 Å². The lowest BCUT2D eigenvalue weighted by molar-refractivity contribution is -0.122. The van der Waals surface area contributed by atoms with Gasteiger partial charge in [-0.15, -0.1) is 15.3 Å². The van der Waals surface area contributed by atoms with Gasteiger partial charge in [-0.25, -0.2) is 4.68 Å². The number of aromatic nitrogens is 6. The number of carbonyl (C=O) groups is 1. The van der Waals surface area contributed by atoms with Crippen molar-refractivity contribution < 1.29 is 4.79 Å². The molecule has 9 nitrogen and oxygen atoms in total. The summed E-state index contributed by atoms with van der Waals surface area (Å²) in [6, 6.07) is -0.186. The van der Waals surface area contributed by atoms with Crippen LogP contribution < -0.4 is 11.1 Å². The highest BCUT2D eigenvalue weighted by Gasteiger charge is 2.22. The van der Waals surface area contributed by atoms with Gasteiger partial charge in [-0.2, -0.15) is 0 Å². The Morgan fingerprint density at radius 3 is 3.10 bits per heavy atom. The summed E-state index contributed by atoms with van der Waals surface area (Å²) in [7, 11) is 0. The number of hydrogen-bond donors (Lipinski definition) is 2. The topological polar surface area (TPSA) is 117 Å². The molecule has 0 aromatic carbocycles. The van der Waals surface area contributed by atoms with Gasteiger partial charge in [-0.05, 0) is 13.3 Å². The number of amides is 1. The van der Waals surface area contributed by atoms with Crippen molar-refractivity contribution >= 4 is 5.91 Å². The van der Waals surface area contributed by atoms with E-state index >= 15 is 0 Å². The molecular weight excluding hydrogens is 272 g/mol. The molecule has 3 rings (SSSR count). The van der Waals surface area contributed by atoms with Crippen LogP contribution in [0.25, 0.3) is 0 Å². The summed E-state index contributed by atoms with van der Waals surface area (Å²) in [5.41, 5.74) is 6.11. The van der Waals surface area contributed by atoms with Crippen LogP contribution in [0.2, 0.25) is 0 Å². The molecule has 21 heavy (non-hydrogen) atoms. The van der Waals surface area contributed by atoms with Crippen molar-refractivity contribution in [1.82, 2.24) is 35.1 Å². The van der Waals surface area contributed by atoms with E-state index in [0.29, 0.717) is 12.2 Å². The van der Waals surface area contributed by atoms with Gasteiger partial charge >= 0.3 is 0 Å². The molecule has 2 aromatic rings. The van der Waals surface area contributed by atoms with Crippen molar-refractivity contribution in [1.29, 1.82) is 0 Å². The molecule has 9 heteroatoms. The average molecular weight is 290 g/mol. The summed E-state index contributed by atoms with van der Waals surface area (Å²) in [5.74, 6) is 1.65. The highest BCUT2D eigenvalue weighted by atomic mass is 16.2. The van der Waals surface area contributed by atoms with E-state index in [0.717, 1.165) is 31.0 Å². The Hall–Kier alpha value is -2.29. The fourth-order valence-corrected chi connectivity index (χ4v) is 2.50. The smallest absolute Gasteiger partial charge is 0.242 e. The van der Waals surface area contributed by atoms with E-state index in [1.54, 1.807) is 6.20 Å². The number of fused-ring (bicyclic) bond motifs is 1. The molecule has 1 unspecified atom stereocenters. The van der Waals surface area contributed by atoms with E-state index in [4.69, 9.17) is 5.73 Å². The fraction of sp³-hybridized carbons (Fsp3) is 0.583. The first-order chi connectivity index (χ1) is 10.2. The number of hydrogen-bond acceptors (Lipinski definition) is 6. The second kappa shape index (κ2) is 5.60. The van der Waals surface area contributed by atoms with Gasteiger partial charge in [-0.1, -0.05) is 5.21 Å². The fourth-order valence-electron chi connectivity index (χ4n) is 2.50. The zero-order valence-corrected chi connectivity index (χ0v) is 11.9. The number of aryl methyl sites for hydroxylation is 1. The molecule has 3 N–H and O–H groups in total. The molecule has 1 atom stereocenters. The third kappa shape index (κ3) is 2.77. The van der Waals surface area contributed by atoms with Crippen molar-refractivity contribution in [2.75, 3.05) is 0 Å². The van der Waals surface area contributed by atoms with Crippen molar-refractivity contribution in [3.63, 3.8) is 0 Å². The Kier molecular flexibility index (Phi) is 3.65. The van der Waals surface area contributed by atoms with Gasteiger partial charge in [-0.3, -0.25) is 4.79 Å². The third-order valence-corrected chi connectivity index (χ3v) is 3.50. The van der Waals surface area contributed by atoms with Crippen LogP contribution in [-0.2, 0) is 30.8 Å². The van der Waals surface area contributed by atoms with Crippen LogP contribution in [0.1, 0.15) is 36.7 Å². The van der Waals surface area contributed by atoms with Gasteiger partial charge in [0.2, 0.25) is 5.91 Å². The Bertz CT molecular complexity index is 645. The Balaban J connectivity index is 1.61. The first kappa shape index (κ1) is 13.7. The molecule has 0 fully saturated rings. The van der Waals surface area contributed by atoms with Crippen molar-refractivity contribution in [2.24, 2.45) is 5.73 Å². The van der Waals surface area contributed by atoms with Crippen LogP contribution in [0, 0.1) is 0 Å². The minimum atomic E-state index is -0.186. The first-order valence-corrected chi connectivity index (χ1v) is 6.98. The Morgan fingerprint density at radius 2 is 2.33 bits per heavy atom. The second-order valence-corrected chi connectivity index (χ2v) is 5.13. The lowest BCUT2D eigenvalue weighted by Gasteiger charge is -2.13. The summed E-state index contributed by atoms with van der Waals surface area (Å²) in [4.78, 5) is 12.0. The van der Waals surface area contributed by atoms with E-state index in [2.05, 4.69) is 30.4 Å². The number of nitrogens with one attached hydrogen (secondary N) is 1. The molecule has 0 spiro atoms. The molecule has 1 aliphatic heterocycles. The Labute approximate surface area is 121 Å². The molecule has 2 aromatic heterocycles. The maximum Gasteiger partial charge on any atom is 0.242 e. The first-order valence-electron chi connectivity index (χ1n) is 6.98. The van der Waals surface area contributed by atoms with Crippen LogP contribution in [0.3, 0.4) is 0 Å². The molecule has 1 aliphatic rings. The molecule has 0 saturated heterocycles. The van der Waals surface area contributed by atoms with Crippen molar-refractivity contribution in [3.05, 3.63) is 23.5 Å². The minimum Gasteiger partial charge on any atom is -0.345 e. The van der Waals surface area contributed by atoms with Crippen LogP contribution in [0.15, 0.2) is 6.20 Å². The molecule has 0 saturated carbocycles. The van der Waals surface area contributed by atoms with E-state index in [1.165, 1.54) is 4.68 Å². The molecule has 112 valence electrons. The molecule has 3 heterocycles. The summed E-state index contributed by atoms with van der Waals surface area (Å²) in [6.07, 6.45) is 3.70. The molecule has 0 aliphatic carbocycles. The number of rotatable bonds is 5. The predicted octanol–water partition coefficient (Wildman–Crippen LogP) is -0.848. The normalized spacial score (nSPS) is 15.0. The number of nitrogens with two attached hydrogens (primary N) is 1. The zero-order chi connectivity index (χ0) is 14.8. The quantitative estimate of drug-likeness (QED) is 0.741. The van der Waals surface area contributed by atoms with E-state index in [-0.39, 0.29) is 18.5 Å². The van der Waals surface area contributed by atoms with Crippen molar-refractivity contribution in [3.8, 4) is 0 Å². The largest absolute Gasteiger partial charge is 0.345 e. The predicted molar refractivity (Wildman–Crippen MR) is 72.8 cm³/mol. The summed E-state index contributed by atoms with van der Waals surface area (Å²) >= 11 is 0. The van der Waals surface area contributed by atoms with Crippen LogP contribution in [-0.4, -0.2) is 35.7 Å². The molecule has 0 bridgehead atoms. The summed E-state index contributed by atoms with van der Waals surface area (Å²) in [6.45, 7) is 3.24. The maximum atomic E-state index is 12.0. The second-order valence-electron chi connectivity index (χ2n) is 5.13. The van der Waals surface area contributed by atoms with Gasteiger partial charge in [0.1, 0.15) is 12.4 Å². The van der Waals surface area contributed by atoms with E-state index in [9.17, 15) is 4.79 Å². The zero-order valence-electron chi connectivity index (χ0n) is 11.9. The maximum absolute atomic E-state index is 12.0. The van der Waals surface area contributed by atoms with Gasteiger partial charge in [0.15, 0.2) is 5.82 Å². The molecular formula is C12H18N8O. The Morgan fingerprint density at radius 1 is 1.48 bits per heavy atom. The summed E-state index contributed by atoms with van der Waals surface area (Å²) in [5, 5.41) is 18.9. The number of carbonyl (C=O) groups excluding carboxylic acids is 1. The van der Waals surface area contributed by atoms with Crippen LogP contribution in [0.4, 0.5) is 0 Å². The lowest BCUT2D eigenvalue weighted by Crippen LogP contribution is -2.31. The van der Waals surface area contributed by atoms with Crippen LogP contribution >= 0.6 is 0 Å². The monoisotopic (exact) mass is 290 g/mol. The van der Waals surface area contributed by atoms with E-state index < -0.39 is 0 Å². The van der Waals surface area contributed by atoms with Crippen LogP contribution in [0.5, 0.6) is 0 Å². The SMILES string of the molecule is CC(NC(=O)Cn1cc(CN)nn1)c1nnc2n1CCC2. The van der Waals surface area contributed by atoms with Gasteiger partial charge < -0.3 is 15.6 Å². The minimum absolute atomic E-state index is 0.109. The highest BCUT2D eigenvalue weighted by molar-refractivity contribution is 5.75.